The van der Waals surface area contributed by atoms with Gasteiger partial charge in [-0.05, 0) is 0 Å². The Morgan fingerprint density at radius 2 is 1.12 bits per heavy atom. The molecular formula is C6H5F9O. The maximum atomic E-state index is 12.3. The van der Waals surface area contributed by atoms with Crippen molar-refractivity contribution in [2.45, 2.75) is 37.0 Å². The van der Waals surface area contributed by atoms with Gasteiger partial charge in [-0.3, -0.25) is 0 Å². The fraction of sp³-hybridized carbons (Fsp3) is 1.00. The molecule has 0 rings (SSSR count). The van der Waals surface area contributed by atoms with Gasteiger partial charge in [0, 0.05) is 0 Å². The molecule has 0 fully saturated rings. The Bertz CT molecular complexity index is 225. The van der Waals surface area contributed by atoms with E-state index in [1.807, 2.05) is 0 Å². The Balaban J connectivity index is 4.86. The summed E-state index contributed by atoms with van der Waals surface area (Å²) in [5, 5.41) is 7.73. The number of alkyl halides is 9. The molecule has 0 aromatic rings. The molecule has 0 radical (unpaired) electrons. The van der Waals surface area contributed by atoms with Crippen molar-refractivity contribution in [2.24, 2.45) is 0 Å². The van der Waals surface area contributed by atoms with Gasteiger partial charge in [0.25, 0.3) is 0 Å². The lowest BCUT2D eigenvalue weighted by Gasteiger charge is -2.26. The molecule has 98 valence electrons. The zero-order chi connectivity index (χ0) is 13.3. The highest BCUT2D eigenvalue weighted by Gasteiger charge is 2.66. The minimum absolute atomic E-state index is 3.70. The summed E-state index contributed by atoms with van der Waals surface area (Å²) in [6, 6.07) is 0. The van der Waals surface area contributed by atoms with E-state index in [4.69, 9.17) is 5.11 Å². The SMILES string of the molecule is OC(F)C(F)C(F)C(F)C(F)(F)C(F)(F)F. The molecule has 1 nitrogen and oxygen atoms in total. The number of hydrogen-bond acceptors (Lipinski definition) is 1. The second kappa shape index (κ2) is 4.68. The molecule has 0 amide bonds. The highest BCUT2D eigenvalue weighted by Crippen LogP contribution is 2.42. The number of halogens is 9. The summed E-state index contributed by atoms with van der Waals surface area (Å²) in [5.74, 6) is -6.17. The van der Waals surface area contributed by atoms with Gasteiger partial charge >= 0.3 is 12.1 Å². The number of aliphatic hydroxyl groups is 1. The number of rotatable bonds is 4. The van der Waals surface area contributed by atoms with Crippen LogP contribution in [0.4, 0.5) is 39.5 Å². The van der Waals surface area contributed by atoms with Gasteiger partial charge in [0.1, 0.15) is 0 Å². The number of aliphatic hydroxyl groups excluding tert-OH is 1. The minimum Gasteiger partial charge on any atom is -0.362 e. The monoisotopic (exact) mass is 264 g/mol. The van der Waals surface area contributed by atoms with Crippen LogP contribution in [-0.4, -0.2) is 42.1 Å². The van der Waals surface area contributed by atoms with Gasteiger partial charge < -0.3 is 5.11 Å². The van der Waals surface area contributed by atoms with Crippen molar-refractivity contribution >= 4 is 0 Å². The van der Waals surface area contributed by atoms with E-state index in [0.29, 0.717) is 0 Å². The van der Waals surface area contributed by atoms with Gasteiger partial charge in [0.15, 0.2) is 12.3 Å². The minimum atomic E-state index is -6.45. The Hall–Kier alpha value is -0.670. The zero-order valence-electron chi connectivity index (χ0n) is 7.16. The van der Waals surface area contributed by atoms with Crippen molar-refractivity contribution in [3.05, 3.63) is 0 Å². The van der Waals surface area contributed by atoms with Crippen LogP contribution >= 0.6 is 0 Å². The third kappa shape index (κ3) is 2.92. The molecule has 0 aliphatic heterocycles. The quantitative estimate of drug-likeness (QED) is 0.773. The third-order valence-electron chi connectivity index (χ3n) is 1.57. The van der Waals surface area contributed by atoms with E-state index in [-0.39, 0.29) is 0 Å². The van der Waals surface area contributed by atoms with Crippen LogP contribution in [0.2, 0.25) is 0 Å². The molecule has 0 heterocycles. The second-order valence-corrected chi connectivity index (χ2v) is 2.78. The maximum Gasteiger partial charge on any atom is 0.456 e. The van der Waals surface area contributed by atoms with E-state index < -0.39 is 37.0 Å². The summed E-state index contributed by atoms with van der Waals surface area (Å²) in [4.78, 5) is 0. The van der Waals surface area contributed by atoms with Crippen LogP contribution in [0.1, 0.15) is 0 Å². The fourth-order valence-corrected chi connectivity index (χ4v) is 0.669. The van der Waals surface area contributed by atoms with Gasteiger partial charge in [0.05, 0.1) is 0 Å². The molecule has 0 bridgehead atoms. The first kappa shape index (κ1) is 15.3. The standard InChI is InChI=1S/C6H5F9O/c7-1(2(8)4(10)16)3(9)5(11,12)6(13,14)15/h1-4,16H. The molecule has 1 N–H and O–H groups in total. The fourth-order valence-electron chi connectivity index (χ4n) is 0.669. The zero-order valence-corrected chi connectivity index (χ0v) is 7.16. The normalized spacial score (nSPS) is 21.4. The van der Waals surface area contributed by atoms with Crippen LogP contribution in [-0.2, 0) is 0 Å². The Kier molecular flexibility index (Phi) is 4.48. The van der Waals surface area contributed by atoms with Gasteiger partial charge in [-0.1, -0.05) is 0 Å². The van der Waals surface area contributed by atoms with Crippen molar-refractivity contribution in [1.29, 1.82) is 0 Å². The molecule has 4 unspecified atom stereocenters. The van der Waals surface area contributed by atoms with Crippen LogP contribution in [0.25, 0.3) is 0 Å². The van der Waals surface area contributed by atoms with Crippen LogP contribution in [0, 0.1) is 0 Å². The summed E-state index contributed by atoms with van der Waals surface area (Å²) < 4.78 is 107. The lowest BCUT2D eigenvalue weighted by atomic mass is 10.1. The van der Waals surface area contributed by atoms with Gasteiger partial charge in [-0.25, -0.2) is 17.6 Å². The Morgan fingerprint density at radius 1 is 0.750 bits per heavy atom. The first-order valence-corrected chi connectivity index (χ1v) is 3.61. The molecule has 0 aromatic heterocycles. The second-order valence-electron chi connectivity index (χ2n) is 2.78. The molecular weight excluding hydrogens is 259 g/mol. The van der Waals surface area contributed by atoms with Crippen LogP contribution in [0.5, 0.6) is 0 Å². The average Bonchev–Trinajstić information content (AvgIpc) is 2.12. The van der Waals surface area contributed by atoms with E-state index in [1.165, 1.54) is 0 Å². The number of hydrogen-bond donors (Lipinski definition) is 1. The molecule has 10 heteroatoms. The highest BCUT2D eigenvalue weighted by atomic mass is 19.4. The van der Waals surface area contributed by atoms with Crippen molar-refractivity contribution < 1.29 is 44.6 Å². The first-order valence-electron chi connectivity index (χ1n) is 3.61. The van der Waals surface area contributed by atoms with Crippen molar-refractivity contribution in [3.63, 3.8) is 0 Å². The smallest absolute Gasteiger partial charge is 0.362 e. The van der Waals surface area contributed by atoms with E-state index >= 15 is 0 Å². The average molecular weight is 264 g/mol. The van der Waals surface area contributed by atoms with E-state index in [0.717, 1.165) is 0 Å². The Labute approximate surface area is 82.8 Å². The van der Waals surface area contributed by atoms with Crippen LogP contribution < -0.4 is 0 Å². The van der Waals surface area contributed by atoms with Crippen molar-refractivity contribution in [2.75, 3.05) is 0 Å². The summed E-state index contributed by atoms with van der Waals surface area (Å²) >= 11 is 0. The van der Waals surface area contributed by atoms with Crippen molar-refractivity contribution in [1.82, 2.24) is 0 Å². The summed E-state index contributed by atoms with van der Waals surface area (Å²) in [6.07, 6.45) is -22.8. The third-order valence-corrected chi connectivity index (χ3v) is 1.57. The molecule has 0 aliphatic rings. The van der Waals surface area contributed by atoms with Gasteiger partial charge in [-0.2, -0.15) is 22.0 Å². The molecule has 0 saturated carbocycles. The molecule has 0 saturated heterocycles. The Morgan fingerprint density at radius 3 is 1.38 bits per heavy atom. The highest BCUT2D eigenvalue weighted by molar-refractivity contribution is 4.92. The van der Waals surface area contributed by atoms with Gasteiger partial charge in [-0.15, -0.1) is 0 Å². The molecule has 0 aromatic carbocycles. The molecule has 4 atom stereocenters. The molecule has 16 heavy (non-hydrogen) atoms. The summed E-state index contributed by atoms with van der Waals surface area (Å²) in [5.41, 5.74) is 0. The van der Waals surface area contributed by atoms with Crippen molar-refractivity contribution in [3.8, 4) is 0 Å². The lowest BCUT2D eigenvalue weighted by molar-refractivity contribution is -0.312. The predicted molar refractivity (Wildman–Crippen MR) is 32.8 cm³/mol. The largest absolute Gasteiger partial charge is 0.456 e. The van der Waals surface area contributed by atoms with E-state index in [2.05, 4.69) is 0 Å². The topological polar surface area (TPSA) is 20.2 Å². The summed E-state index contributed by atoms with van der Waals surface area (Å²) in [6.45, 7) is 0. The lowest BCUT2D eigenvalue weighted by Crippen LogP contribution is -2.52. The van der Waals surface area contributed by atoms with Crippen LogP contribution in [0.15, 0.2) is 0 Å². The maximum absolute atomic E-state index is 12.3. The first-order chi connectivity index (χ1) is 6.93. The predicted octanol–water partition coefficient (Wildman–Crippen LogP) is 2.49. The van der Waals surface area contributed by atoms with Gasteiger partial charge in [0.2, 0.25) is 12.5 Å². The molecule has 0 spiro atoms. The van der Waals surface area contributed by atoms with E-state index in [9.17, 15) is 39.5 Å². The van der Waals surface area contributed by atoms with E-state index in [1.54, 1.807) is 0 Å². The molecule has 0 aliphatic carbocycles. The van der Waals surface area contributed by atoms with Crippen LogP contribution in [0.3, 0.4) is 0 Å². The summed E-state index contributed by atoms with van der Waals surface area (Å²) in [7, 11) is 0.